The lowest BCUT2D eigenvalue weighted by molar-refractivity contribution is 0.315. The van der Waals surface area contributed by atoms with Gasteiger partial charge in [-0.05, 0) is 48.4 Å². The zero-order chi connectivity index (χ0) is 11.3. The normalized spacial score (nSPS) is 18.7. The van der Waals surface area contributed by atoms with E-state index in [0.717, 1.165) is 23.7 Å². The van der Waals surface area contributed by atoms with Crippen LogP contribution in [0.25, 0.3) is 10.9 Å². The van der Waals surface area contributed by atoms with Crippen molar-refractivity contribution >= 4 is 10.9 Å². The Labute approximate surface area is 94.7 Å². The highest BCUT2D eigenvalue weighted by Gasteiger charge is 2.27. The zero-order valence-corrected chi connectivity index (χ0v) is 9.73. The highest BCUT2D eigenvalue weighted by Crippen LogP contribution is 2.38. The molecule has 1 heterocycles. The quantitative estimate of drug-likeness (QED) is 0.690. The molecule has 1 aliphatic rings. The van der Waals surface area contributed by atoms with Crippen molar-refractivity contribution in [3.05, 3.63) is 35.3 Å². The lowest BCUT2D eigenvalue weighted by atomic mass is 9.76. The molecule has 0 spiro atoms. The van der Waals surface area contributed by atoms with Gasteiger partial charge in [0.2, 0.25) is 0 Å². The van der Waals surface area contributed by atoms with Gasteiger partial charge < -0.3 is 4.98 Å². The maximum Gasteiger partial charge on any atom is 0.123 e. The maximum absolute atomic E-state index is 13.3. The third kappa shape index (κ3) is 1.44. The molecule has 1 nitrogen and oxygen atoms in total. The maximum atomic E-state index is 13.3. The van der Waals surface area contributed by atoms with Gasteiger partial charge in [-0.25, -0.2) is 4.39 Å². The van der Waals surface area contributed by atoms with Gasteiger partial charge >= 0.3 is 0 Å². The molecule has 1 N–H and O–H groups in total. The van der Waals surface area contributed by atoms with Gasteiger partial charge in [-0.3, -0.25) is 0 Å². The summed E-state index contributed by atoms with van der Waals surface area (Å²) in [5, 5.41) is 1.07. The minimum Gasteiger partial charge on any atom is -0.358 e. The van der Waals surface area contributed by atoms with Gasteiger partial charge in [0.1, 0.15) is 5.82 Å². The Kier molecular flexibility index (Phi) is 1.91. The molecule has 2 heteroatoms. The van der Waals surface area contributed by atoms with Crippen LogP contribution in [-0.2, 0) is 12.8 Å². The minimum atomic E-state index is -0.141. The van der Waals surface area contributed by atoms with E-state index in [1.54, 1.807) is 6.07 Å². The Morgan fingerprint density at radius 3 is 2.94 bits per heavy atom. The summed E-state index contributed by atoms with van der Waals surface area (Å²) in [7, 11) is 0. The van der Waals surface area contributed by atoms with Crippen molar-refractivity contribution in [2.75, 3.05) is 0 Å². The van der Waals surface area contributed by atoms with E-state index in [1.165, 1.54) is 23.7 Å². The fraction of sp³-hybridized carbons (Fsp3) is 0.429. The van der Waals surface area contributed by atoms with E-state index < -0.39 is 0 Å². The minimum absolute atomic E-state index is 0.141. The Balaban J connectivity index is 2.23. The van der Waals surface area contributed by atoms with E-state index in [-0.39, 0.29) is 5.82 Å². The summed E-state index contributed by atoms with van der Waals surface area (Å²) in [6, 6.07) is 5.03. The van der Waals surface area contributed by atoms with Crippen molar-refractivity contribution in [1.82, 2.24) is 4.98 Å². The molecule has 2 aromatic rings. The number of nitrogens with one attached hydrogen (secondary N) is 1. The molecule has 84 valence electrons. The number of aromatic amines is 1. The SMILES string of the molecule is CC1(C)CCc2[nH]c3ccc(F)cc3c2C1. The van der Waals surface area contributed by atoms with Crippen LogP contribution in [0.2, 0.25) is 0 Å². The molecule has 0 saturated heterocycles. The van der Waals surface area contributed by atoms with Gasteiger partial charge in [-0.2, -0.15) is 0 Å². The molecular formula is C14H16FN. The Morgan fingerprint density at radius 2 is 2.12 bits per heavy atom. The second-order valence-corrected chi connectivity index (χ2v) is 5.61. The molecule has 3 rings (SSSR count). The lowest BCUT2D eigenvalue weighted by Gasteiger charge is -2.29. The van der Waals surface area contributed by atoms with Crippen molar-refractivity contribution in [1.29, 1.82) is 0 Å². The highest BCUT2D eigenvalue weighted by molar-refractivity contribution is 5.85. The summed E-state index contributed by atoms with van der Waals surface area (Å²) in [5.41, 5.74) is 4.05. The number of H-pyrrole nitrogens is 1. The highest BCUT2D eigenvalue weighted by atomic mass is 19.1. The van der Waals surface area contributed by atoms with Crippen molar-refractivity contribution < 1.29 is 4.39 Å². The first-order valence-corrected chi connectivity index (χ1v) is 5.84. The fourth-order valence-electron chi connectivity index (χ4n) is 2.72. The Hall–Kier alpha value is -1.31. The first kappa shape index (κ1) is 9.88. The van der Waals surface area contributed by atoms with Crippen LogP contribution in [0.4, 0.5) is 4.39 Å². The molecule has 0 amide bonds. The molecule has 0 bridgehead atoms. The van der Waals surface area contributed by atoms with Gasteiger partial charge in [0, 0.05) is 16.6 Å². The van der Waals surface area contributed by atoms with Crippen molar-refractivity contribution in [3.8, 4) is 0 Å². The number of aryl methyl sites for hydroxylation is 1. The van der Waals surface area contributed by atoms with E-state index in [0.29, 0.717) is 5.41 Å². The average Bonchev–Trinajstić information content (AvgIpc) is 2.55. The largest absolute Gasteiger partial charge is 0.358 e. The average molecular weight is 217 g/mol. The number of hydrogen-bond donors (Lipinski definition) is 1. The van der Waals surface area contributed by atoms with E-state index in [9.17, 15) is 4.39 Å². The van der Waals surface area contributed by atoms with Crippen LogP contribution in [-0.4, -0.2) is 4.98 Å². The van der Waals surface area contributed by atoms with E-state index in [2.05, 4.69) is 18.8 Å². The van der Waals surface area contributed by atoms with Gasteiger partial charge in [0.05, 0.1) is 0 Å². The van der Waals surface area contributed by atoms with Gasteiger partial charge in [-0.15, -0.1) is 0 Å². The summed E-state index contributed by atoms with van der Waals surface area (Å²) in [4.78, 5) is 3.41. The molecule has 0 aliphatic heterocycles. The monoisotopic (exact) mass is 217 g/mol. The Morgan fingerprint density at radius 1 is 1.31 bits per heavy atom. The summed E-state index contributed by atoms with van der Waals surface area (Å²) in [6.07, 6.45) is 3.33. The van der Waals surface area contributed by atoms with Crippen LogP contribution < -0.4 is 0 Å². The predicted octanol–water partition coefficient (Wildman–Crippen LogP) is 3.82. The molecule has 0 atom stereocenters. The van der Waals surface area contributed by atoms with Crippen LogP contribution in [0, 0.1) is 11.2 Å². The predicted molar refractivity (Wildman–Crippen MR) is 64.1 cm³/mol. The van der Waals surface area contributed by atoms with Crippen LogP contribution in [0.3, 0.4) is 0 Å². The Bertz CT molecular complexity index is 551. The number of aromatic nitrogens is 1. The molecule has 1 aromatic carbocycles. The van der Waals surface area contributed by atoms with E-state index in [1.807, 2.05) is 6.07 Å². The second-order valence-electron chi connectivity index (χ2n) is 5.61. The molecule has 1 aliphatic carbocycles. The molecule has 0 fully saturated rings. The number of rotatable bonds is 0. The molecule has 1 aromatic heterocycles. The van der Waals surface area contributed by atoms with Crippen molar-refractivity contribution in [2.24, 2.45) is 5.41 Å². The first-order valence-electron chi connectivity index (χ1n) is 5.84. The summed E-state index contributed by atoms with van der Waals surface area (Å²) in [6.45, 7) is 4.57. The molecule has 0 unspecified atom stereocenters. The van der Waals surface area contributed by atoms with Crippen molar-refractivity contribution in [2.45, 2.75) is 33.1 Å². The molecule has 0 saturated carbocycles. The first-order chi connectivity index (χ1) is 7.55. The number of benzene rings is 1. The van der Waals surface area contributed by atoms with Gasteiger partial charge in [0.15, 0.2) is 0 Å². The zero-order valence-electron chi connectivity index (χ0n) is 9.73. The summed E-state index contributed by atoms with van der Waals surface area (Å²) in [5.74, 6) is -0.141. The number of fused-ring (bicyclic) bond motifs is 3. The molecule has 0 radical (unpaired) electrons. The van der Waals surface area contributed by atoms with Crippen LogP contribution in [0.15, 0.2) is 18.2 Å². The van der Waals surface area contributed by atoms with Crippen molar-refractivity contribution in [3.63, 3.8) is 0 Å². The van der Waals surface area contributed by atoms with Gasteiger partial charge in [-0.1, -0.05) is 13.8 Å². The van der Waals surface area contributed by atoms with E-state index in [4.69, 9.17) is 0 Å². The summed E-state index contributed by atoms with van der Waals surface area (Å²) >= 11 is 0. The second kappa shape index (κ2) is 3.09. The molecular weight excluding hydrogens is 201 g/mol. The third-order valence-electron chi connectivity index (χ3n) is 3.66. The van der Waals surface area contributed by atoms with Gasteiger partial charge in [0.25, 0.3) is 0 Å². The summed E-state index contributed by atoms with van der Waals surface area (Å²) < 4.78 is 13.3. The van der Waals surface area contributed by atoms with Crippen LogP contribution in [0.1, 0.15) is 31.5 Å². The lowest BCUT2D eigenvalue weighted by Crippen LogP contribution is -2.21. The van der Waals surface area contributed by atoms with E-state index >= 15 is 0 Å². The fourth-order valence-corrected chi connectivity index (χ4v) is 2.72. The smallest absolute Gasteiger partial charge is 0.123 e. The van der Waals surface area contributed by atoms with Crippen LogP contribution in [0.5, 0.6) is 0 Å². The number of hydrogen-bond acceptors (Lipinski definition) is 0. The third-order valence-corrected chi connectivity index (χ3v) is 3.66. The van der Waals surface area contributed by atoms with Crippen LogP contribution >= 0.6 is 0 Å². The topological polar surface area (TPSA) is 15.8 Å². The molecule has 16 heavy (non-hydrogen) atoms. The number of halogens is 1. The standard InChI is InChI=1S/C14H16FN/c1-14(2)6-5-13-11(8-14)10-7-9(15)3-4-12(10)16-13/h3-4,7,16H,5-6,8H2,1-2H3.